The van der Waals surface area contributed by atoms with Crippen LogP contribution in [-0.4, -0.2) is 59.4 Å². The molecular formula is C23H30ClN7O. The van der Waals surface area contributed by atoms with Gasteiger partial charge >= 0.3 is 0 Å². The van der Waals surface area contributed by atoms with Gasteiger partial charge in [0.2, 0.25) is 11.9 Å². The molecule has 0 saturated carbocycles. The summed E-state index contributed by atoms with van der Waals surface area (Å²) in [6.45, 7) is 6.23. The Morgan fingerprint density at radius 2 is 1.81 bits per heavy atom. The normalized spacial score (nSPS) is 13.4. The molecule has 0 bridgehead atoms. The molecule has 0 atom stereocenters. The molecule has 1 fully saturated rings. The number of imidazole rings is 1. The molecule has 3 aromatic rings. The van der Waals surface area contributed by atoms with E-state index in [-0.39, 0.29) is 18.0 Å². The van der Waals surface area contributed by atoms with Crippen LogP contribution in [0.5, 0.6) is 0 Å². The number of aryl methyl sites for hydroxylation is 1. The summed E-state index contributed by atoms with van der Waals surface area (Å²) in [6, 6.07) is 10.2. The van der Waals surface area contributed by atoms with Crippen LogP contribution in [0, 0.1) is 11.8 Å². The van der Waals surface area contributed by atoms with Crippen LogP contribution in [0.3, 0.4) is 0 Å². The third-order valence-electron chi connectivity index (χ3n) is 5.50. The Hall–Kier alpha value is -3.02. The van der Waals surface area contributed by atoms with Gasteiger partial charge in [-0.1, -0.05) is 36.3 Å². The molecule has 170 valence electrons. The highest BCUT2D eigenvalue weighted by atomic mass is 35.5. The summed E-state index contributed by atoms with van der Waals surface area (Å²) in [7, 11) is 3.81. The number of benzene rings is 1. The number of piperazine rings is 1. The molecule has 8 nitrogen and oxygen atoms in total. The van der Waals surface area contributed by atoms with Crippen molar-refractivity contribution in [2.75, 3.05) is 50.1 Å². The van der Waals surface area contributed by atoms with E-state index in [1.165, 1.54) is 5.56 Å². The number of aromatic nitrogens is 4. The minimum atomic E-state index is -0.0728. The van der Waals surface area contributed by atoms with Gasteiger partial charge in [-0.25, -0.2) is 0 Å². The second kappa shape index (κ2) is 10.5. The second-order valence-electron chi connectivity index (χ2n) is 7.83. The first-order chi connectivity index (χ1) is 15.1. The molecule has 1 aliphatic heterocycles. The highest BCUT2D eigenvalue weighted by Crippen LogP contribution is 2.22. The fraction of sp³-hybridized carbons (Fsp3) is 0.435. The van der Waals surface area contributed by atoms with E-state index in [9.17, 15) is 4.79 Å². The quantitative estimate of drug-likeness (QED) is 0.571. The van der Waals surface area contributed by atoms with Crippen LogP contribution < -0.4 is 20.7 Å². The van der Waals surface area contributed by atoms with Crippen molar-refractivity contribution in [3.05, 3.63) is 46.2 Å². The van der Waals surface area contributed by atoms with Gasteiger partial charge in [-0.3, -0.25) is 13.9 Å². The van der Waals surface area contributed by atoms with Gasteiger partial charge < -0.3 is 15.1 Å². The highest BCUT2D eigenvalue weighted by Gasteiger charge is 2.24. The molecular weight excluding hydrogens is 426 g/mol. The van der Waals surface area contributed by atoms with Gasteiger partial charge in [0.25, 0.3) is 5.56 Å². The first-order valence-electron chi connectivity index (χ1n) is 10.7. The van der Waals surface area contributed by atoms with E-state index in [1.807, 2.05) is 48.7 Å². The summed E-state index contributed by atoms with van der Waals surface area (Å²) in [5, 5.41) is 3.36. The van der Waals surface area contributed by atoms with Gasteiger partial charge in [-0.15, -0.1) is 18.3 Å². The molecule has 3 heterocycles. The zero-order valence-corrected chi connectivity index (χ0v) is 19.7. The molecule has 1 saturated heterocycles. The Kier molecular flexibility index (Phi) is 7.78. The molecule has 0 radical (unpaired) electrons. The van der Waals surface area contributed by atoms with Gasteiger partial charge in [0.1, 0.15) is 0 Å². The molecule has 0 spiro atoms. The van der Waals surface area contributed by atoms with E-state index in [2.05, 4.69) is 34.2 Å². The number of nitrogens with zero attached hydrogens (tertiary/aromatic N) is 6. The molecule has 0 aliphatic carbocycles. The van der Waals surface area contributed by atoms with Crippen LogP contribution in [0.2, 0.25) is 0 Å². The molecule has 1 aliphatic rings. The lowest BCUT2D eigenvalue weighted by Gasteiger charge is -2.28. The van der Waals surface area contributed by atoms with E-state index in [1.54, 1.807) is 4.57 Å². The Balaban J connectivity index is 0.00000289. The van der Waals surface area contributed by atoms with Crippen LogP contribution in [0.25, 0.3) is 11.2 Å². The molecule has 2 aromatic heterocycles. The van der Waals surface area contributed by atoms with Crippen LogP contribution in [-0.2, 0) is 19.5 Å². The lowest BCUT2D eigenvalue weighted by molar-refractivity contribution is 0.572. The monoisotopic (exact) mass is 455 g/mol. The smallest absolute Gasteiger partial charge is 0.281 e. The average Bonchev–Trinajstić information content (AvgIpc) is 3.17. The minimum Gasteiger partial charge on any atom is -0.348 e. The van der Waals surface area contributed by atoms with Crippen molar-refractivity contribution in [1.29, 1.82) is 0 Å². The predicted molar refractivity (Wildman–Crippen MR) is 132 cm³/mol. The van der Waals surface area contributed by atoms with Crippen molar-refractivity contribution in [2.45, 2.75) is 26.4 Å². The van der Waals surface area contributed by atoms with Crippen molar-refractivity contribution in [2.24, 2.45) is 0 Å². The second-order valence-corrected chi connectivity index (χ2v) is 7.83. The summed E-state index contributed by atoms with van der Waals surface area (Å²) in [4.78, 5) is 27.4. The van der Waals surface area contributed by atoms with E-state index < -0.39 is 0 Å². The van der Waals surface area contributed by atoms with Crippen molar-refractivity contribution in [3.8, 4) is 11.8 Å². The zero-order valence-electron chi connectivity index (χ0n) is 18.8. The first-order valence-corrected chi connectivity index (χ1v) is 10.7. The Morgan fingerprint density at radius 3 is 2.47 bits per heavy atom. The van der Waals surface area contributed by atoms with Crippen molar-refractivity contribution >= 4 is 35.5 Å². The van der Waals surface area contributed by atoms with E-state index in [0.29, 0.717) is 30.2 Å². The summed E-state index contributed by atoms with van der Waals surface area (Å²) in [5.74, 6) is 7.44. The molecule has 0 unspecified atom stereocenters. The number of nitrogens with one attached hydrogen (secondary N) is 1. The van der Waals surface area contributed by atoms with E-state index >= 15 is 0 Å². The molecule has 4 rings (SSSR count). The SMILES string of the molecule is CC#CCn1c(N2CCNCC2)nc2nc(N(C)C)n(CCc3ccccc3)c(=O)c21.Cl. The highest BCUT2D eigenvalue weighted by molar-refractivity contribution is 5.85. The molecule has 9 heteroatoms. The zero-order chi connectivity index (χ0) is 21.8. The summed E-state index contributed by atoms with van der Waals surface area (Å²) >= 11 is 0. The standard InChI is InChI=1S/C23H29N7O.ClH/c1-4-5-14-29-19-20(26-23(29)28-16-12-24-13-17-28)25-22(27(2)3)30(21(19)31)15-11-18-9-7-6-8-10-18;/h6-10,24H,11-17H2,1-3H3;1H. The minimum absolute atomic E-state index is 0. The van der Waals surface area contributed by atoms with Crippen LogP contribution in [0.15, 0.2) is 35.1 Å². The lowest BCUT2D eigenvalue weighted by Crippen LogP contribution is -2.44. The first kappa shape index (κ1) is 23.6. The number of halogens is 1. The van der Waals surface area contributed by atoms with Crippen molar-refractivity contribution in [1.82, 2.24) is 24.4 Å². The number of hydrogen-bond acceptors (Lipinski definition) is 6. The predicted octanol–water partition coefficient (Wildman–Crippen LogP) is 1.76. The molecule has 0 amide bonds. The van der Waals surface area contributed by atoms with Crippen LogP contribution >= 0.6 is 12.4 Å². The summed E-state index contributed by atoms with van der Waals surface area (Å²) in [6.07, 6.45) is 0.752. The summed E-state index contributed by atoms with van der Waals surface area (Å²) in [5.41, 5.74) is 2.12. The maximum Gasteiger partial charge on any atom is 0.281 e. The Morgan fingerprint density at radius 1 is 1.09 bits per heavy atom. The maximum atomic E-state index is 13.7. The topological polar surface area (TPSA) is 71.2 Å². The van der Waals surface area contributed by atoms with Crippen molar-refractivity contribution < 1.29 is 0 Å². The maximum absolute atomic E-state index is 13.7. The van der Waals surface area contributed by atoms with Crippen LogP contribution in [0.4, 0.5) is 11.9 Å². The average molecular weight is 456 g/mol. The summed E-state index contributed by atoms with van der Waals surface area (Å²) < 4.78 is 3.69. The van der Waals surface area contributed by atoms with E-state index in [0.717, 1.165) is 38.5 Å². The fourth-order valence-corrected chi connectivity index (χ4v) is 3.93. The van der Waals surface area contributed by atoms with E-state index in [4.69, 9.17) is 9.97 Å². The van der Waals surface area contributed by atoms with Gasteiger partial charge in [0, 0.05) is 46.8 Å². The molecule has 1 aromatic carbocycles. The lowest BCUT2D eigenvalue weighted by atomic mass is 10.1. The third kappa shape index (κ3) is 4.74. The van der Waals surface area contributed by atoms with Gasteiger partial charge in [0.05, 0.1) is 6.54 Å². The number of fused-ring (bicyclic) bond motifs is 1. The largest absolute Gasteiger partial charge is 0.348 e. The number of rotatable bonds is 6. The molecule has 1 N–H and O–H groups in total. The van der Waals surface area contributed by atoms with Crippen LogP contribution in [0.1, 0.15) is 12.5 Å². The number of hydrogen-bond donors (Lipinski definition) is 1. The third-order valence-corrected chi connectivity index (χ3v) is 5.50. The fourth-order valence-electron chi connectivity index (χ4n) is 3.93. The van der Waals surface area contributed by atoms with Gasteiger partial charge in [-0.2, -0.15) is 9.97 Å². The van der Waals surface area contributed by atoms with Gasteiger partial charge in [-0.05, 0) is 18.9 Å². The Labute approximate surface area is 194 Å². The molecule has 32 heavy (non-hydrogen) atoms. The van der Waals surface area contributed by atoms with Gasteiger partial charge in [0.15, 0.2) is 11.2 Å². The number of anilines is 2. The Bertz CT molecular complexity index is 1170. The van der Waals surface area contributed by atoms with Crippen molar-refractivity contribution in [3.63, 3.8) is 0 Å².